The number of nitrogens with zero attached hydrogens (tertiary/aromatic N) is 1. The number of aromatic hydroxyl groups is 1. The lowest BCUT2D eigenvalue weighted by Gasteiger charge is -2.30. The van der Waals surface area contributed by atoms with Crippen molar-refractivity contribution < 1.29 is 33.8 Å². The topological polar surface area (TPSA) is 110 Å². The monoisotopic (exact) mass is 499 g/mol. The number of hydrogen-bond donors (Lipinski definition) is 1. The van der Waals surface area contributed by atoms with Gasteiger partial charge in [0, 0.05) is 25.7 Å². The highest BCUT2D eigenvalue weighted by Gasteiger charge is 2.58. The Morgan fingerprint density at radius 2 is 1.84 bits per heavy atom. The summed E-state index contributed by atoms with van der Waals surface area (Å²) in [5.41, 5.74) is -0.642. The number of ether oxygens (including phenoxy) is 2. The smallest absolute Gasteiger partial charge is 0.261 e. The molecule has 1 aliphatic carbocycles. The molecule has 1 heterocycles. The third-order valence-electron chi connectivity index (χ3n) is 7.22. The lowest BCUT2D eigenvalue weighted by molar-refractivity contribution is -0.140. The van der Waals surface area contributed by atoms with E-state index in [2.05, 4.69) is 0 Å². The summed E-state index contributed by atoms with van der Waals surface area (Å²) in [4.78, 5) is 53.4. The van der Waals surface area contributed by atoms with E-state index in [1.807, 2.05) is 42.5 Å². The van der Waals surface area contributed by atoms with Crippen molar-refractivity contribution in [3.05, 3.63) is 77.1 Å². The van der Waals surface area contributed by atoms with E-state index >= 15 is 0 Å². The number of carbonyl (C=O) groups is 4. The minimum absolute atomic E-state index is 0.00851. The summed E-state index contributed by atoms with van der Waals surface area (Å²) in [7, 11) is 2.98. The Hall–Kier alpha value is -4.46. The first-order valence-corrected chi connectivity index (χ1v) is 11.7. The summed E-state index contributed by atoms with van der Waals surface area (Å²) in [6.45, 7) is 2.92. The van der Waals surface area contributed by atoms with Crippen LogP contribution in [0.1, 0.15) is 35.3 Å². The van der Waals surface area contributed by atoms with Gasteiger partial charge in [-0.15, -0.1) is 0 Å². The summed E-state index contributed by atoms with van der Waals surface area (Å²) >= 11 is 0. The largest absolute Gasteiger partial charge is 0.507 e. The van der Waals surface area contributed by atoms with Crippen LogP contribution in [0.5, 0.6) is 17.2 Å². The van der Waals surface area contributed by atoms with Crippen molar-refractivity contribution in [2.75, 3.05) is 14.2 Å². The van der Waals surface area contributed by atoms with Gasteiger partial charge in [-0.3, -0.25) is 19.2 Å². The number of Topliss-reactive ketones (excluding diaryl/α,β-unsaturated/α-hetero) is 2. The van der Waals surface area contributed by atoms with E-state index in [-0.39, 0.29) is 40.7 Å². The van der Waals surface area contributed by atoms with E-state index in [0.29, 0.717) is 0 Å². The summed E-state index contributed by atoms with van der Waals surface area (Å²) in [5, 5.41) is 13.0. The highest BCUT2D eigenvalue weighted by atomic mass is 16.5. The molecule has 0 saturated carbocycles. The zero-order valence-corrected chi connectivity index (χ0v) is 20.8. The van der Waals surface area contributed by atoms with Crippen LogP contribution in [0.15, 0.2) is 60.4 Å². The van der Waals surface area contributed by atoms with Crippen molar-refractivity contribution in [3.63, 3.8) is 0 Å². The zero-order chi connectivity index (χ0) is 26.6. The van der Waals surface area contributed by atoms with E-state index in [1.165, 1.54) is 31.9 Å². The van der Waals surface area contributed by atoms with Crippen LogP contribution >= 0.6 is 0 Å². The lowest BCUT2D eigenvalue weighted by atomic mass is 9.67. The van der Waals surface area contributed by atoms with Crippen molar-refractivity contribution in [1.82, 2.24) is 4.90 Å². The Morgan fingerprint density at radius 3 is 2.54 bits per heavy atom. The summed E-state index contributed by atoms with van der Waals surface area (Å²) in [6.07, 6.45) is 1.10. The molecular weight excluding hydrogens is 474 g/mol. The Kier molecular flexibility index (Phi) is 5.62. The van der Waals surface area contributed by atoms with Crippen LogP contribution in [0, 0.1) is 5.92 Å². The lowest BCUT2D eigenvalue weighted by Crippen LogP contribution is -2.47. The van der Waals surface area contributed by atoms with Gasteiger partial charge < -0.3 is 19.5 Å². The minimum Gasteiger partial charge on any atom is -0.507 e. The van der Waals surface area contributed by atoms with E-state index in [4.69, 9.17) is 9.47 Å². The highest BCUT2D eigenvalue weighted by Crippen LogP contribution is 2.56. The number of allylic oxidation sites excluding steroid dienone is 2. The number of hydrogen-bond acceptors (Lipinski definition) is 7. The standard InChI is InChI=1S/C29H25NO7/c1-15(31)23-19(32)13-22-29(2,27(23)34)25-20(33)12-21(36-4)24(26(25)37-22)28(35)30(3)14-17-10-7-9-16-8-5-6-11-18(16)17/h5-13,23,33H,14H2,1-4H3/t23?,29-/m1/s1. The number of rotatable bonds is 5. The second-order valence-corrected chi connectivity index (χ2v) is 9.52. The Morgan fingerprint density at radius 1 is 1.14 bits per heavy atom. The molecule has 188 valence electrons. The molecule has 8 nitrogen and oxygen atoms in total. The Labute approximate surface area is 213 Å². The molecule has 0 radical (unpaired) electrons. The maximum atomic E-state index is 13.8. The molecule has 1 unspecified atom stereocenters. The van der Waals surface area contributed by atoms with E-state index in [0.717, 1.165) is 22.4 Å². The molecule has 2 atom stereocenters. The van der Waals surface area contributed by atoms with E-state index in [9.17, 15) is 24.3 Å². The second-order valence-electron chi connectivity index (χ2n) is 9.52. The van der Waals surface area contributed by atoms with Crippen LogP contribution in [-0.4, -0.2) is 47.4 Å². The number of amides is 1. The number of methoxy groups -OCH3 is 1. The molecule has 1 amide bonds. The fourth-order valence-corrected chi connectivity index (χ4v) is 5.29. The number of ketones is 3. The molecule has 0 bridgehead atoms. The van der Waals surface area contributed by atoms with Gasteiger partial charge in [-0.1, -0.05) is 42.5 Å². The number of carbonyl (C=O) groups excluding carboxylic acids is 4. The summed E-state index contributed by atoms with van der Waals surface area (Å²) < 4.78 is 11.4. The highest BCUT2D eigenvalue weighted by molar-refractivity contribution is 6.27. The van der Waals surface area contributed by atoms with Crippen molar-refractivity contribution in [2.45, 2.75) is 25.8 Å². The molecule has 2 aliphatic rings. The van der Waals surface area contributed by atoms with Gasteiger partial charge in [0.2, 0.25) is 0 Å². The van der Waals surface area contributed by atoms with Crippen molar-refractivity contribution in [3.8, 4) is 17.2 Å². The third-order valence-corrected chi connectivity index (χ3v) is 7.22. The molecule has 0 fully saturated rings. The van der Waals surface area contributed by atoms with Gasteiger partial charge >= 0.3 is 0 Å². The van der Waals surface area contributed by atoms with Gasteiger partial charge in [0.05, 0.1) is 12.7 Å². The average Bonchev–Trinajstić information content (AvgIpc) is 3.17. The molecule has 1 N–H and O–H groups in total. The number of phenols is 1. The fourth-order valence-electron chi connectivity index (χ4n) is 5.29. The maximum Gasteiger partial charge on any atom is 0.261 e. The normalized spacial score (nSPS) is 20.1. The maximum absolute atomic E-state index is 13.8. The number of fused-ring (bicyclic) bond motifs is 4. The zero-order valence-electron chi connectivity index (χ0n) is 20.8. The molecule has 8 heteroatoms. The Balaban J connectivity index is 1.62. The van der Waals surface area contributed by atoms with Gasteiger partial charge in [-0.05, 0) is 30.2 Å². The predicted octanol–water partition coefficient (Wildman–Crippen LogP) is 3.72. The molecule has 3 aromatic rings. The second kappa shape index (κ2) is 8.58. The number of benzene rings is 3. The van der Waals surface area contributed by atoms with Crippen molar-refractivity contribution in [1.29, 1.82) is 0 Å². The molecule has 1 aliphatic heterocycles. The Bertz CT molecular complexity index is 1550. The first-order valence-electron chi connectivity index (χ1n) is 11.7. The summed E-state index contributed by atoms with van der Waals surface area (Å²) in [6, 6.07) is 15.0. The quantitative estimate of drug-likeness (QED) is 0.533. The SMILES string of the molecule is COc1cc(O)c2c(c1C(=O)N(C)Cc1cccc3ccccc13)OC1=CC(=O)C(C(C)=O)C(=O)[C@]12C. The van der Waals surface area contributed by atoms with Crippen LogP contribution in [0.2, 0.25) is 0 Å². The molecule has 3 aromatic carbocycles. The first kappa shape index (κ1) is 24.2. The van der Waals surface area contributed by atoms with Gasteiger partial charge in [-0.25, -0.2) is 0 Å². The molecule has 0 aromatic heterocycles. The van der Waals surface area contributed by atoms with Crippen molar-refractivity contribution in [2.24, 2.45) is 5.92 Å². The van der Waals surface area contributed by atoms with E-state index in [1.54, 1.807) is 7.05 Å². The molecule has 5 rings (SSSR count). The van der Waals surface area contributed by atoms with Gasteiger partial charge in [-0.2, -0.15) is 0 Å². The van der Waals surface area contributed by atoms with Crippen molar-refractivity contribution >= 4 is 34.0 Å². The minimum atomic E-state index is -1.61. The van der Waals surface area contributed by atoms with Gasteiger partial charge in [0.15, 0.2) is 17.3 Å². The predicted molar refractivity (Wildman–Crippen MR) is 135 cm³/mol. The van der Waals surface area contributed by atoms with Crippen LogP contribution in [0.25, 0.3) is 10.8 Å². The average molecular weight is 500 g/mol. The van der Waals surface area contributed by atoms with Gasteiger partial charge in [0.1, 0.15) is 39.9 Å². The van der Waals surface area contributed by atoms with Crippen LogP contribution in [-0.2, 0) is 26.3 Å². The molecular formula is C29H25NO7. The third kappa shape index (κ3) is 3.51. The fraction of sp³-hybridized carbons (Fsp3) is 0.241. The van der Waals surface area contributed by atoms with E-state index < -0.39 is 34.6 Å². The molecule has 37 heavy (non-hydrogen) atoms. The van der Waals surface area contributed by atoms with Crippen LogP contribution < -0.4 is 9.47 Å². The number of phenolic OH excluding ortho intramolecular Hbond substituents is 1. The van der Waals surface area contributed by atoms with Crippen LogP contribution in [0.3, 0.4) is 0 Å². The summed E-state index contributed by atoms with van der Waals surface area (Å²) in [5.74, 6) is -4.35. The van der Waals surface area contributed by atoms with Crippen LogP contribution in [0.4, 0.5) is 0 Å². The molecule has 0 saturated heterocycles. The van der Waals surface area contributed by atoms with Gasteiger partial charge in [0.25, 0.3) is 5.91 Å². The first-order chi connectivity index (χ1) is 17.6. The molecule has 0 spiro atoms.